The topological polar surface area (TPSA) is 62.6 Å². The molecule has 0 radical (unpaired) electrons. The van der Waals surface area contributed by atoms with Gasteiger partial charge in [0.25, 0.3) is 5.91 Å². The number of benzene rings is 1. The molecule has 1 atom stereocenters. The smallest absolute Gasteiger partial charge is 0.260 e. The maximum absolute atomic E-state index is 12.0. The van der Waals surface area contributed by atoms with E-state index in [4.69, 9.17) is 26.3 Å². The van der Waals surface area contributed by atoms with Crippen LogP contribution >= 0.6 is 11.6 Å². The summed E-state index contributed by atoms with van der Waals surface area (Å²) in [5.41, 5.74) is 0.454. The van der Waals surface area contributed by atoms with Gasteiger partial charge in [0, 0.05) is 13.1 Å². The fourth-order valence-corrected chi connectivity index (χ4v) is 2.20. The van der Waals surface area contributed by atoms with Crippen LogP contribution in [0.2, 0.25) is 5.02 Å². The van der Waals surface area contributed by atoms with Gasteiger partial charge in [-0.05, 0) is 25.1 Å². The molecule has 0 spiro atoms. The van der Waals surface area contributed by atoms with Crippen LogP contribution in [0.4, 0.5) is 0 Å². The molecular formula is C14H15ClN2O3. The van der Waals surface area contributed by atoms with Gasteiger partial charge in [0.15, 0.2) is 6.61 Å². The number of rotatable bonds is 3. The van der Waals surface area contributed by atoms with Crippen LogP contribution in [-0.2, 0) is 9.53 Å². The summed E-state index contributed by atoms with van der Waals surface area (Å²) in [6.45, 7) is 3.55. The molecule has 0 N–H and O–H groups in total. The van der Waals surface area contributed by atoms with Gasteiger partial charge in [-0.1, -0.05) is 11.6 Å². The van der Waals surface area contributed by atoms with Crippen LogP contribution in [-0.4, -0.2) is 43.2 Å². The van der Waals surface area contributed by atoms with E-state index in [0.29, 0.717) is 36.0 Å². The lowest BCUT2D eigenvalue weighted by Crippen LogP contribution is -2.46. The Morgan fingerprint density at radius 2 is 2.45 bits per heavy atom. The lowest BCUT2D eigenvalue weighted by atomic mass is 10.2. The van der Waals surface area contributed by atoms with Crippen molar-refractivity contribution in [2.45, 2.75) is 13.0 Å². The van der Waals surface area contributed by atoms with Gasteiger partial charge in [-0.3, -0.25) is 4.79 Å². The number of hydrogen-bond acceptors (Lipinski definition) is 4. The van der Waals surface area contributed by atoms with Crippen molar-refractivity contribution in [1.29, 1.82) is 5.26 Å². The molecule has 0 bridgehead atoms. The van der Waals surface area contributed by atoms with Crippen molar-refractivity contribution in [3.05, 3.63) is 28.8 Å². The quantitative estimate of drug-likeness (QED) is 0.853. The number of nitrogens with zero attached hydrogens (tertiary/aromatic N) is 2. The zero-order chi connectivity index (χ0) is 14.5. The van der Waals surface area contributed by atoms with E-state index in [1.165, 1.54) is 6.07 Å². The first-order valence-electron chi connectivity index (χ1n) is 6.32. The largest absolute Gasteiger partial charge is 0.482 e. The first-order chi connectivity index (χ1) is 9.60. The predicted octanol–water partition coefficient (Wildman–Crippen LogP) is 1.84. The molecule has 0 saturated carbocycles. The second kappa shape index (κ2) is 6.60. The second-order valence-corrected chi connectivity index (χ2v) is 4.97. The highest BCUT2D eigenvalue weighted by molar-refractivity contribution is 6.32. The van der Waals surface area contributed by atoms with Crippen molar-refractivity contribution >= 4 is 17.5 Å². The zero-order valence-electron chi connectivity index (χ0n) is 11.1. The molecule has 0 aromatic heterocycles. The van der Waals surface area contributed by atoms with E-state index < -0.39 is 0 Å². The minimum Gasteiger partial charge on any atom is -0.482 e. The lowest BCUT2D eigenvalue weighted by Gasteiger charge is -2.31. The minimum atomic E-state index is -0.0967. The Balaban J connectivity index is 1.92. The summed E-state index contributed by atoms with van der Waals surface area (Å²) in [5, 5.41) is 9.07. The first kappa shape index (κ1) is 14.6. The molecular weight excluding hydrogens is 280 g/mol. The maximum Gasteiger partial charge on any atom is 0.260 e. The van der Waals surface area contributed by atoms with Gasteiger partial charge in [0.2, 0.25) is 0 Å². The summed E-state index contributed by atoms with van der Waals surface area (Å²) in [4.78, 5) is 13.7. The van der Waals surface area contributed by atoms with E-state index >= 15 is 0 Å². The van der Waals surface area contributed by atoms with Gasteiger partial charge in [0.1, 0.15) is 5.75 Å². The molecule has 1 saturated heterocycles. The first-order valence-corrected chi connectivity index (χ1v) is 6.70. The molecule has 0 unspecified atom stereocenters. The molecule has 0 aliphatic carbocycles. The van der Waals surface area contributed by atoms with Crippen LogP contribution in [0.1, 0.15) is 12.5 Å². The van der Waals surface area contributed by atoms with Gasteiger partial charge in [-0.2, -0.15) is 5.26 Å². The van der Waals surface area contributed by atoms with Gasteiger partial charge in [-0.25, -0.2) is 0 Å². The molecule has 1 aliphatic heterocycles. The Morgan fingerprint density at radius 1 is 1.65 bits per heavy atom. The Hall–Kier alpha value is -1.77. The predicted molar refractivity (Wildman–Crippen MR) is 73.7 cm³/mol. The SMILES string of the molecule is C[C@H]1CN(C(=O)COc2ccc(C#N)cc2Cl)CCO1. The molecule has 1 fully saturated rings. The van der Waals surface area contributed by atoms with Gasteiger partial charge in [0.05, 0.1) is 29.4 Å². The van der Waals surface area contributed by atoms with Crippen molar-refractivity contribution in [3.8, 4) is 11.8 Å². The zero-order valence-corrected chi connectivity index (χ0v) is 11.9. The minimum absolute atomic E-state index is 0.0474. The summed E-state index contributed by atoms with van der Waals surface area (Å²) in [6.07, 6.45) is 0.0474. The fourth-order valence-electron chi connectivity index (χ4n) is 1.96. The van der Waals surface area contributed by atoms with Gasteiger partial charge < -0.3 is 14.4 Å². The Morgan fingerprint density at radius 3 is 3.10 bits per heavy atom. The number of halogens is 1. The summed E-state index contributed by atoms with van der Waals surface area (Å²) in [5.74, 6) is 0.306. The van der Waals surface area contributed by atoms with Crippen molar-refractivity contribution in [1.82, 2.24) is 4.90 Å². The molecule has 1 amide bonds. The summed E-state index contributed by atoms with van der Waals surface area (Å²) < 4.78 is 10.8. The molecule has 106 valence electrons. The summed E-state index contributed by atoms with van der Waals surface area (Å²) >= 11 is 5.98. The lowest BCUT2D eigenvalue weighted by molar-refractivity contribution is -0.140. The Kier molecular flexibility index (Phi) is 4.83. The molecule has 20 heavy (non-hydrogen) atoms. The van der Waals surface area contributed by atoms with Crippen LogP contribution in [0.5, 0.6) is 5.75 Å². The van der Waals surface area contributed by atoms with E-state index in [0.717, 1.165) is 0 Å². The number of nitriles is 1. The number of ether oxygens (including phenoxy) is 2. The fraction of sp³-hybridized carbons (Fsp3) is 0.429. The van der Waals surface area contributed by atoms with E-state index in [9.17, 15) is 4.79 Å². The average molecular weight is 295 g/mol. The average Bonchev–Trinajstić information content (AvgIpc) is 2.45. The highest BCUT2D eigenvalue weighted by Gasteiger charge is 2.21. The summed E-state index contributed by atoms with van der Waals surface area (Å²) in [7, 11) is 0. The number of hydrogen-bond donors (Lipinski definition) is 0. The highest BCUT2D eigenvalue weighted by Crippen LogP contribution is 2.25. The van der Waals surface area contributed by atoms with E-state index in [-0.39, 0.29) is 18.6 Å². The second-order valence-electron chi connectivity index (χ2n) is 4.57. The van der Waals surface area contributed by atoms with Crippen molar-refractivity contribution in [2.24, 2.45) is 0 Å². The standard InChI is InChI=1S/C14H15ClN2O3/c1-10-8-17(4-5-19-10)14(18)9-20-13-3-2-11(7-16)6-12(13)15/h2-3,6,10H,4-5,8-9H2,1H3/t10-/m0/s1. The van der Waals surface area contributed by atoms with Crippen LogP contribution in [0, 0.1) is 11.3 Å². The van der Waals surface area contributed by atoms with Crippen molar-refractivity contribution < 1.29 is 14.3 Å². The van der Waals surface area contributed by atoms with Crippen LogP contribution in [0.15, 0.2) is 18.2 Å². The van der Waals surface area contributed by atoms with Crippen molar-refractivity contribution in [2.75, 3.05) is 26.3 Å². The Bertz CT molecular complexity index is 542. The maximum atomic E-state index is 12.0. The molecule has 5 nitrogen and oxygen atoms in total. The van der Waals surface area contributed by atoms with Gasteiger partial charge >= 0.3 is 0 Å². The highest BCUT2D eigenvalue weighted by atomic mass is 35.5. The Labute approximate surface area is 122 Å². The molecule has 6 heteroatoms. The third-order valence-corrected chi connectivity index (χ3v) is 3.30. The van der Waals surface area contributed by atoms with Crippen LogP contribution < -0.4 is 4.74 Å². The molecule has 2 rings (SSSR count). The normalized spacial score (nSPS) is 18.4. The van der Waals surface area contributed by atoms with E-state index in [1.54, 1.807) is 17.0 Å². The molecule has 1 heterocycles. The van der Waals surface area contributed by atoms with E-state index in [1.807, 2.05) is 13.0 Å². The number of carbonyl (C=O) groups is 1. The third kappa shape index (κ3) is 3.62. The number of morpholine rings is 1. The monoisotopic (exact) mass is 294 g/mol. The number of amides is 1. The van der Waals surface area contributed by atoms with Crippen LogP contribution in [0.25, 0.3) is 0 Å². The third-order valence-electron chi connectivity index (χ3n) is 3.01. The molecule has 1 aromatic rings. The number of carbonyl (C=O) groups excluding carboxylic acids is 1. The van der Waals surface area contributed by atoms with E-state index in [2.05, 4.69) is 0 Å². The van der Waals surface area contributed by atoms with Crippen LogP contribution in [0.3, 0.4) is 0 Å². The molecule has 1 aromatic carbocycles. The summed E-state index contributed by atoms with van der Waals surface area (Å²) in [6, 6.07) is 6.69. The molecule has 1 aliphatic rings. The van der Waals surface area contributed by atoms with Crippen molar-refractivity contribution in [3.63, 3.8) is 0 Å². The van der Waals surface area contributed by atoms with Gasteiger partial charge in [-0.15, -0.1) is 0 Å².